The molecule has 0 radical (unpaired) electrons. The van der Waals surface area contributed by atoms with Crippen molar-refractivity contribution in [3.8, 4) is 0 Å². The van der Waals surface area contributed by atoms with Crippen molar-refractivity contribution < 1.29 is 26.6 Å². The van der Waals surface area contributed by atoms with E-state index in [1.165, 1.54) is 0 Å². The zero-order valence-electron chi connectivity index (χ0n) is 16.2. The quantitative estimate of drug-likeness (QED) is 0.438. The molecule has 0 spiro atoms. The molecule has 0 bridgehead atoms. The van der Waals surface area contributed by atoms with Crippen LogP contribution in [0.15, 0.2) is 0 Å². The van der Waals surface area contributed by atoms with E-state index in [2.05, 4.69) is 6.92 Å². The van der Waals surface area contributed by atoms with E-state index in [0.29, 0.717) is 39.6 Å². The third-order valence-electron chi connectivity index (χ3n) is 2.56. The Morgan fingerprint density at radius 2 is 0.913 bits per heavy atom. The molecule has 0 aromatic heterocycles. The Morgan fingerprint density at radius 1 is 0.565 bits per heavy atom. The fourth-order valence-corrected chi connectivity index (χ4v) is 5.58. The first-order chi connectivity index (χ1) is 11.1. The zero-order valence-corrected chi connectivity index (χ0v) is 18.3. The van der Waals surface area contributed by atoms with Gasteiger partial charge >= 0.3 is 18.3 Å². The van der Waals surface area contributed by atoms with E-state index in [4.69, 9.17) is 26.6 Å². The zero-order chi connectivity index (χ0) is 18.0. The molecule has 0 saturated carbocycles. The molecule has 142 valence electrons. The molecule has 0 amide bonds. The van der Waals surface area contributed by atoms with Crippen molar-refractivity contribution in [1.29, 1.82) is 0 Å². The van der Waals surface area contributed by atoms with Gasteiger partial charge in [0.1, 0.15) is 0 Å². The lowest BCUT2D eigenvalue weighted by atomic mass is 10.6. The molecule has 0 aliphatic heterocycles. The minimum Gasteiger partial charge on any atom is -0.376 e. The van der Waals surface area contributed by atoms with Gasteiger partial charge in [0.2, 0.25) is 0 Å². The van der Waals surface area contributed by atoms with E-state index in [1.54, 1.807) is 0 Å². The molecular weight excluding hydrogens is 332 g/mol. The first kappa shape index (κ1) is 25.4. The molecule has 23 heavy (non-hydrogen) atoms. The summed E-state index contributed by atoms with van der Waals surface area (Å²) >= 11 is 0. The highest BCUT2D eigenvalue weighted by Crippen LogP contribution is 2.17. The third-order valence-corrected chi connectivity index (χ3v) is 7.67. The maximum Gasteiger partial charge on any atom is 0.500 e. The molecule has 0 saturated heterocycles. The maximum atomic E-state index is 5.65. The standard InChI is InChI=1S/C9H22O3Si.C6H16O3Si/c1-5-9-13(10-6-2,11-7-3)12-8-4;1-4-7-10(8-5-2)9-6-3/h5-9H2,1-4H3;10H,4-6H2,1-3H3. The Kier molecular flexibility index (Phi) is 20.5. The van der Waals surface area contributed by atoms with Gasteiger partial charge in [0.15, 0.2) is 0 Å². The van der Waals surface area contributed by atoms with Crippen LogP contribution in [-0.2, 0) is 26.6 Å². The van der Waals surface area contributed by atoms with Crippen LogP contribution in [0.1, 0.15) is 54.9 Å². The molecular formula is C15H38O6Si2. The fourth-order valence-electron chi connectivity index (χ4n) is 1.86. The average Bonchev–Trinajstić information content (AvgIpc) is 2.50. The van der Waals surface area contributed by atoms with Crippen LogP contribution in [0.25, 0.3) is 0 Å². The van der Waals surface area contributed by atoms with Crippen LogP contribution in [0.4, 0.5) is 0 Å². The predicted octanol–water partition coefficient (Wildman–Crippen LogP) is 3.26. The molecule has 0 rings (SSSR count). The van der Waals surface area contributed by atoms with Crippen LogP contribution >= 0.6 is 0 Å². The predicted molar refractivity (Wildman–Crippen MR) is 97.8 cm³/mol. The largest absolute Gasteiger partial charge is 0.500 e. The van der Waals surface area contributed by atoms with E-state index in [9.17, 15) is 0 Å². The first-order valence-corrected chi connectivity index (χ1v) is 12.2. The van der Waals surface area contributed by atoms with E-state index < -0.39 is 18.3 Å². The Bertz CT molecular complexity index is 190. The summed E-state index contributed by atoms with van der Waals surface area (Å²) in [6.07, 6.45) is 1.05. The van der Waals surface area contributed by atoms with Crippen LogP contribution < -0.4 is 0 Å². The lowest BCUT2D eigenvalue weighted by Crippen LogP contribution is -2.45. The summed E-state index contributed by atoms with van der Waals surface area (Å²) in [4.78, 5) is 0. The average molecular weight is 371 g/mol. The van der Waals surface area contributed by atoms with Gasteiger partial charge in [-0.15, -0.1) is 0 Å². The minimum atomic E-state index is -2.30. The van der Waals surface area contributed by atoms with Crippen LogP contribution in [0, 0.1) is 0 Å². The highest BCUT2D eigenvalue weighted by Gasteiger charge is 2.38. The Balaban J connectivity index is 0. The van der Waals surface area contributed by atoms with Gasteiger partial charge in [-0.2, -0.15) is 0 Å². The van der Waals surface area contributed by atoms with Gasteiger partial charge in [0.05, 0.1) is 0 Å². The van der Waals surface area contributed by atoms with Crippen molar-refractivity contribution in [2.24, 2.45) is 0 Å². The molecule has 0 heterocycles. The van der Waals surface area contributed by atoms with Crippen molar-refractivity contribution in [3.63, 3.8) is 0 Å². The summed E-state index contributed by atoms with van der Waals surface area (Å²) in [5.74, 6) is 0. The van der Waals surface area contributed by atoms with Crippen molar-refractivity contribution in [1.82, 2.24) is 0 Å². The van der Waals surface area contributed by atoms with Crippen molar-refractivity contribution >= 4 is 18.3 Å². The van der Waals surface area contributed by atoms with E-state index in [-0.39, 0.29) is 0 Å². The Hall–Kier alpha value is 0.194. The van der Waals surface area contributed by atoms with Gasteiger partial charge in [-0.3, -0.25) is 0 Å². The summed E-state index contributed by atoms with van der Waals surface area (Å²) in [7, 11) is -4.03. The summed E-state index contributed by atoms with van der Waals surface area (Å²) in [5.41, 5.74) is 0. The van der Waals surface area contributed by atoms with Crippen LogP contribution in [0.2, 0.25) is 6.04 Å². The normalized spacial score (nSPS) is 11.5. The molecule has 0 atom stereocenters. The SMILES string of the molecule is CCC[Si](OCC)(OCC)OCC.CCO[SiH](OCC)OCC. The molecule has 0 aromatic rings. The van der Waals surface area contributed by atoms with Crippen LogP contribution in [-0.4, -0.2) is 58.0 Å². The fraction of sp³-hybridized carbons (Fsp3) is 1.00. The van der Waals surface area contributed by atoms with Crippen LogP contribution in [0.3, 0.4) is 0 Å². The summed E-state index contributed by atoms with van der Waals surface area (Å²) < 4.78 is 32.6. The van der Waals surface area contributed by atoms with E-state index in [0.717, 1.165) is 12.5 Å². The van der Waals surface area contributed by atoms with E-state index >= 15 is 0 Å². The maximum absolute atomic E-state index is 5.65. The second-order valence-electron chi connectivity index (χ2n) is 4.39. The molecule has 6 nitrogen and oxygen atoms in total. The molecule has 0 fully saturated rings. The highest BCUT2D eigenvalue weighted by atomic mass is 28.4. The molecule has 0 unspecified atom stereocenters. The van der Waals surface area contributed by atoms with Gasteiger partial charge in [-0.25, -0.2) is 0 Å². The third kappa shape index (κ3) is 14.3. The first-order valence-electron chi connectivity index (χ1n) is 8.85. The smallest absolute Gasteiger partial charge is 0.376 e. The van der Waals surface area contributed by atoms with Crippen molar-refractivity contribution in [2.75, 3.05) is 39.6 Å². The lowest BCUT2D eigenvalue weighted by Gasteiger charge is -2.27. The Labute approximate surface area is 146 Å². The van der Waals surface area contributed by atoms with Gasteiger partial charge in [-0.1, -0.05) is 13.3 Å². The van der Waals surface area contributed by atoms with Crippen molar-refractivity contribution in [2.45, 2.75) is 60.9 Å². The summed E-state index contributed by atoms with van der Waals surface area (Å²) in [6, 6.07) is 0.919. The Morgan fingerprint density at radius 3 is 1.13 bits per heavy atom. The molecule has 0 aromatic carbocycles. The van der Waals surface area contributed by atoms with Gasteiger partial charge in [0, 0.05) is 45.7 Å². The lowest BCUT2D eigenvalue weighted by molar-refractivity contribution is 0.0711. The monoisotopic (exact) mass is 370 g/mol. The topological polar surface area (TPSA) is 55.4 Å². The molecule has 0 N–H and O–H groups in total. The van der Waals surface area contributed by atoms with Crippen LogP contribution in [0.5, 0.6) is 0 Å². The number of hydrogen-bond acceptors (Lipinski definition) is 6. The van der Waals surface area contributed by atoms with E-state index in [1.807, 2.05) is 41.5 Å². The van der Waals surface area contributed by atoms with Gasteiger partial charge < -0.3 is 26.6 Å². The second-order valence-corrected chi connectivity index (χ2v) is 8.70. The molecule has 0 aliphatic rings. The van der Waals surface area contributed by atoms with Gasteiger partial charge in [0.25, 0.3) is 0 Å². The van der Waals surface area contributed by atoms with Crippen molar-refractivity contribution in [3.05, 3.63) is 0 Å². The summed E-state index contributed by atoms with van der Waals surface area (Å²) in [6.45, 7) is 17.9. The second kappa shape index (κ2) is 18.5. The molecule has 8 heteroatoms. The molecule has 0 aliphatic carbocycles. The highest BCUT2D eigenvalue weighted by molar-refractivity contribution is 6.60. The minimum absolute atomic E-state index is 0.673. The number of hydrogen-bond donors (Lipinski definition) is 0. The summed E-state index contributed by atoms with van der Waals surface area (Å²) in [5, 5.41) is 0. The van der Waals surface area contributed by atoms with Gasteiger partial charge in [-0.05, 0) is 41.5 Å². The number of rotatable bonds is 14.